The summed E-state index contributed by atoms with van der Waals surface area (Å²) in [6, 6.07) is 17.2. The van der Waals surface area contributed by atoms with Gasteiger partial charge in [-0.25, -0.2) is 0 Å². The summed E-state index contributed by atoms with van der Waals surface area (Å²) in [5.41, 5.74) is 9.48. The Balaban J connectivity index is 0. The van der Waals surface area contributed by atoms with Gasteiger partial charge in [0, 0.05) is 6.21 Å². The van der Waals surface area contributed by atoms with Gasteiger partial charge in [-0.15, -0.1) is 12.1 Å². The summed E-state index contributed by atoms with van der Waals surface area (Å²) in [7, 11) is 1.50. The summed E-state index contributed by atoms with van der Waals surface area (Å²) in [6.07, 6.45) is 12.1. The van der Waals surface area contributed by atoms with Crippen LogP contribution in [0.4, 0.5) is 0 Å². The molecule has 0 bridgehead atoms. The average Bonchev–Trinajstić information content (AvgIpc) is 2.74. The second kappa shape index (κ2) is 20.0. The molecule has 0 spiro atoms. The van der Waals surface area contributed by atoms with Crippen LogP contribution in [-0.2, 0) is 12.8 Å². The van der Waals surface area contributed by atoms with Gasteiger partial charge in [0.1, 0.15) is 0 Å². The molecule has 2 nitrogen and oxygen atoms in total. The zero-order valence-corrected chi connectivity index (χ0v) is 29.2. The summed E-state index contributed by atoms with van der Waals surface area (Å²) in [4.78, 5) is 0. The van der Waals surface area contributed by atoms with Crippen molar-refractivity contribution < 1.29 is 120 Å². The molecule has 2 unspecified atom stereocenters. The minimum absolute atomic E-state index is 0. The number of aryl methyl sites for hydroxylation is 2. The molecule has 1 saturated carbocycles. The second-order valence-corrected chi connectivity index (χ2v) is 7.68. The summed E-state index contributed by atoms with van der Waals surface area (Å²) in [6.45, 7) is 3.97. The van der Waals surface area contributed by atoms with Gasteiger partial charge < -0.3 is 18.6 Å². The smallest absolute Gasteiger partial charge is 0.358 e. The Bertz CT molecular complexity index is 670. The second-order valence-electron chi connectivity index (χ2n) is 7.68. The van der Waals surface area contributed by atoms with Crippen molar-refractivity contribution in [3.63, 3.8) is 0 Å². The fraction of sp³-hybridized carbons (Fsp3) is 0.423. The third-order valence-corrected chi connectivity index (χ3v) is 5.74. The minimum atomic E-state index is 0. The molecular formula is C26H38CsKN2. The molecule has 2 aromatic carbocycles. The molecule has 1 aliphatic carbocycles. The van der Waals surface area contributed by atoms with E-state index >= 15 is 0 Å². The summed E-state index contributed by atoms with van der Waals surface area (Å²) >= 11 is 0. The molecule has 0 saturated heterocycles. The Morgan fingerprint density at radius 1 is 0.900 bits per heavy atom. The zero-order chi connectivity index (χ0) is 19.5. The first-order valence-electron chi connectivity index (χ1n) is 10.3. The van der Waals surface area contributed by atoms with Crippen LogP contribution in [0.2, 0.25) is 0 Å². The molecule has 0 radical (unpaired) electrons. The maximum atomic E-state index is 7.28. The van der Waals surface area contributed by atoms with Crippen molar-refractivity contribution in [3.05, 3.63) is 85.1 Å². The molecule has 4 heteroatoms. The molecule has 3 N–H and O–H groups in total. The molecule has 0 amide bonds. The molecular weight excluding hydrogens is 512 g/mol. The van der Waals surface area contributed by atoms with E-state index in [0.29, 0.717) is 0 Å². The van der Waals surface area contributed by atoms with Crippen molar-refractivity contribution in [2.24, 2.45) is 17.6 Å². The fourth-order valence-electron chi connectivity index (χ4n) is 4.15. The maximum absolute atomic E-state index is 7.28. The molecule has 3 rings (SSSR count). The van der Waals surface area contributed by atoms with Gasteiger partial charge in [0.15, 0.2) is 0 Å². The van der Waals surface area contributed by atoms with Crippen molar-refractivity contribution >= 4 is 6.21 Å². The van der Waals surface area contributed by atoms with Crippen LogP contribution >= 0.6 is 0 Å². The first-order valence-corrected chi connectivity index (χ1v) is 10.3. The normalized spacial score (nSPS) is 17.1. The number of hydrogen-bond donors (Lipinski definition) is 2. The van der Waals surface area contributed by atoms with Crippen LogP contribution in [0.25, 0.3) is 0 Å². The molecule has 0 aromatic heterocycles. The molecule has 2 aromatic rings. The van der Waals surface area contributed by atoms with E-state index in [1.165, 1.54) is 75.8 Å². The van der Waals surface area contributed by atoms with E-state index in [2.05, 4.69) is 61.2 Å². The Morgan fingerprint density at radius 3 is 1.77 bits per heavy atom. The van der Waals surface area contributed by atoms with Crippen molar-refractivity contribution in [3.8, 4) is 0 Å². The summed E-state index contributed by atoms with van der Waals surface area (Å²) in [5.74, 6) is 1.79. The quantitative estimate of drug-likeness (QED) is 0.291. The van der Waals surface area contributed by atoms with Crippen molar-refractivity contribution in [1.29, 1.82) is 5.41 Å². The van der Waals surface area contributed by atoms with Crippen LogP contribution in [0.15, 0.2) is 48.5 Å². The van der Waals surface area contributed by atoms with Crippen molar-refractivity contribution in [2.75, 3.05) is 7.05 Å². The maximum Gasteiger partial charge on any atom is 1.00 e. The number of rotatable bonds is 7. The van der Waals surface area contributed by atoms with Crippen molar-refractivity contribution in [1.82, 2.24) is 0 Å². The molecule has 0 aliphatic heterocycles. The van der Waals surface area contributed by atoms with Gasteiger partial charge >= 0.3 is 120 Å². The van der Waals surface area contributed by atoms with E-state index < -0.39 is 0 Å². The van der Waals surface area contributed by atoms with Crippen LogP contribution in [0.5, 0.6) is 0 Å². The summed E-state index contributed by atoms with van der Waals surface area (Å²) < 4.78 is 0. The average molecular weight is 551 g/mol. The zero-order valence-electron chi connectivity index (χ0n) is 19.8. The van der Waals surface area contributed by atoms with E-state index in [-0.39, 0.29) is 128 Å². The minimum Gasteiger partial charge on any atom is -0.358 e. The van der Waals surface area contributed by atoms with Gasteiger partial charge in [0.25, 0.3) is 0 Å². The number of benzene rings is 2. The fourth-order valence-corrected chi connectivity index (χ4v) is 4.15. The number of hydrogen-bond acceptors (Lipinski definition) is 2. The first-order chi connectivity index (χ1) is 13.2. The third kappa shape index (κ3) is 12.8. The van der Waals surface area contributed by atoms with Crippen LogP contribution < -0.4 is 126 Å². The monoisotopic (exact) mass is 550 g/mol. The summed E-state index contributed by atoms with van der Waals surface area (Å²) in [5, 5.41) is 7.28. The van der Waals surface area contributed by atoms with Crippen LogP contribution in [-0.4, -0.2) is 13.3 Å². The Hall–Kier alpha value is 1.63. The predicted octanol–water partition coefficient (Wildman–Crippen LogP) is 0.271. The Morgan fingerprint density at radius 2 is 1.33 bits per heavy atom. The van der Waals surface area contributed by atoms with Gasteiger partial charge in [-0.3, -0.25) is 0 Å². The molecule has 2 atom stereocenters. The standard InChI is InChI=1S/C24H30N.CH5N.CH3.Cs.K/c1-19-5-7-20(8-6-19)9-13-22-3-2-4-23(17-22)14-10-21-11-15-24(18-25)16-12-21;1-2;;;/h5-8,11-12,15-16,18,22-23,25H,1-4,9-10,13-14,17H2;2H2,1H3;1H3;;/q-1;;-1;2*+1. The molecule has 0 heterocycles. The number of nitrogens with two attached hydrogens (primary N) is 1. The van der Waals surface area contributed by atoms with Gasteiger partial charge in [0.2, 0.25) is 0 Å². The van der Waals surface area contributed by atoms with Crippen molar-refractivity contribution in [2.45, 2.75) is 51.4 Å². The van der Waals surface area contributed by atoms with E-state index in [1.807, 2.05) is 0 Å². The Labute approximate surface area is 287 Å². The van der Waals surface area contributed by atoms with Crippen LogP contribution in [0.1, 0.15) is 60.8 Å². The van der Waals surface area contributed by atoms with E-state index in [4.69, 9.17) is 5.41 Å². The van der Waals surface area contributed by atoms with E-state index in [9.17, 15) is 0 Å². The SMILES string of the molecule is CN.[CH2-]c1ccc(CCC2CCCC(CCc3ccc(C=N)cc3)C2)cc1.[CH3-].[Cs+].[K+]. The molecule has 30 heavy (non-hydrogen) atoms. The van der Waals surface area contributed by atoms with Crippen LogP contribution in [0.3, 0.4) is 0 Å². The van der Waals surface area contributed by atoms with Gasteiger partial charge in [0.05, 0.1) is 0 Å². The van der Waals surface area contributed by atoms with Gasteiger partial charge in [-0.05, 0) is 62.1 Å². The molecule has 154 valence electrons. The predicted molar refractivity (Wildman–Crippen MR) is 124 cm³/mol. The van der Waals surface area contributed by atoms with Gasteiger partial charge in [-0.1, -0.05) is 49.1 Å². The van der Waals surface area contributed by atoms with Crippen LogP contribution in [0, 0.1) is 31.6 Å². The molecule has 1 fully saturated rings. The topological polar surface area (TPSA) is 49.9 Å². The Kier molecular flexibility index (Phi) is 22.6. The van der Waals surface area contributed by atoms with E-state index in [1.54, 1.807) is 0 Å². The molecule has 1 aliphatic rings. The number of nitrogens with one attached hydrogen (secondary N) is 1. The van der Waals surface area contributed by atoms with Gasteiger partial charge in [-0.2, -0.15) is 24.6 Å². The third-order valence-electron chi connectivity index (χ3n) is 5.74. The first kappa shape index (κ1) is 33.8. The largest absolute Gasteiger partial charge is 1.00 e. The van der Waals surface area contributed by atoms with E-state index in [0.717, 1.165) is 23.0 Å².